The highest BCUT2D eigenvalue weighted by atomic mass is 32.2. The smallest absolute Gasteiger partial charge is 0.260 e. The molecule has 0 saturated heterocycles. The fraction of sp³-hybridized carbons (Fsp3) is 0.700. The van der Waals surface area contributed by atoms with Gasteiger partial charge in [0.25, 0.3) is 12.3 Å². The van der Waals surface area contributed by atoms with Crippen LogP contribution in [-0.4, -0.2) is 6.26 Å². The van der Waals surface area contributed by atoms with Gasteiger partial charge < -0.3 is 4.18 Å². The van der Waals surface area contributed by atoms with E-state index in [1.165, 1.54) is 37.7 Å². The topological polar surface area (TPSA) is 53.7 Å². The minimum Gasteiger partial charge on any atom is -0.397 e. The zero-order valence-corrected chi connectivity index (χ0v) is 17.5. The normalized spacial score (nSPS) is 35.5. The zero-order chi connectivity index (χ0) is 18.3. The Morgan fingerprint density at radius 1 is 1.19 bits per heavy atom. The first-order chi connectivity index (χ1) is 12.6. The maximum Gasteiger partial charge on any atom is 0.260 e. The number of thioether (sulfide) groups is 1. The van der Waals surface area contributed by atoms with Gasteiger partial charge in [-0.15, -0.1) is 21.1 Å². The molecule has 5 atom stereocenters. The standard InChI is InChI=1S/C20H29NO3S2/c1-12-4-7-17-15-6-5-13-10-18(22-26-24-23-21)19(25-3)11-16(13)14(15)8-9-20(12,17)2/h10-12,14-15,17H,4-9,21H2,1-3H3/t12-,14?,15?,17?,20+/m0/s1. The van der Waals surface area contributed by atoms with E-state index in [0.29, 0.717) is 5.41 Å². The third kappa shape index (κ3) is 3.08. The van der Waals surface area contributed by atoms with Crippen molar-refractivity contribution in [2.75, 3.05) is 6.26 Å². The minimum atomic E-state index is 0.570. The van der Waals surface area contributed by atoms with Crippen LogP contribution in [0.25, 0.3) is 0 Å². The highest BCUT2D eigenvalue weighted by molar-refractivity contribution is 7.98. The molecular formula is C20H29NO3S2. The van der Waals surface area contributed by atoms with Crippen LogP contribution < -0.4 is 10.1 Å². The van der Waals surface area contributed by atoms with E-state index in [4.69, 9.17) is 10.1 Å². The van der Waals surface area contributed by atoms with Gasteiger partial charge >= 0.3 is 0 Å². The van der Waals surface area contributed by atoms with Crippen molar-refractivity contribution in [3.63, 3.8) is 0 Å². The van der Waals surface area contributed by atoms with Crippen molar-refractivity contribution < 1.29 is 13.5 Å². The van der Waals surface area contributed by atoms with Gasteiger partial charge in [-0.2, -0.15) is 5.90 Å². The lowest BCUT2D eigenvalue weighted by Gasteiger charge is -2.50. The van der Waals surface area contributed by atoms with E-state index in [2.05, 4.69) is 41.6 Å². The minimum absolute atomic E-state index is 0.570. The lowest BCUT2D eigenvalue weighted by molar-refractivity contribution is -0.199. The molecule has 0 aliphatic heterocycles. The first-order valence-corrected chi connectivity index (χ1v) is 11.5. The van der Waals surface area contributed by atoms with E-state index in [1.54, 1.807) is 17.3 Å². The highest BCUT2D eigenvalue weighted by Crippen LogP contribution is 2.63. The number of hydrogen-bond acceptors (Lipinski definition) is 6. The molecule has 1 aromatic rings. The summed E-state index contributed by atoms with van der Waals surface area (Å²) in [6.45, 7) is 5.05. The Kier molecular flexibility index (Phi) is 5.50. The molecule has 3 unspecified atom stereocenters. The lowest BCUT2D eigenvalue weighted by Crippen LogP contribution is -2.41. The van der Waals surface area contributed by atoms with Gasteiger partial charge in [0.2, 0.25) is 0 Å². The summed E-state index contributed by atoms with van der Waals surface area (Å²) in [6, 6.07) is 4.58. The van der Waals surface area contributed by atoms with Crippen LogP contribution >= 0.6 is 24.1 Å². The molecule has 3 aliphatic rings. The van der Waals surface area contributed by atoms with Gasteiger partial charge in [0.1, 0.15) is 0 Å². The SMILES string of the molecule is CSc1cc2c(cc1OSOON)CCC1C2CC[C@@]2(C)C1CC[C@@H]2C. The third-order valence-electron chi connectivity index (χ3n) is 7.67. The Labute approximate surface area is 165 Å². The van der Waals surface area contributed by atoms with Crippen LogP contribution in [0, 0.1) is 23.2 Å². The van der Waals surface area contributed by atoms with Gasteiger partial charge in [-0.05, 0) is 97.1 Å². The van der Waals surface area contributed by atoms with Crippen LogP contribution in [0.5, 0.6) is 5.75 Å². The molecule has 1 aromatic carbocycles. The number of hydrogen-bond donors (Lipinski definition) is 1. The second kappa shape index (κ2) is 7.55. The number of fused-ring (bicyclic) bond motifs is 5. The van der Waals surface area contributed by atoms with E-state index in [9.17, 15) is 0 Å². The van der Waals surface area contributed by atoms with Gasteiger partial charge in [0.15, 0.2) is 5.75 Å². The van der Waals surface area contributed by atoms with E-state index in [-0.39, 0.29) is 0 Å². The van der Waals surface area contributed by atoms with Gasteiger partial charge in [0.05, 0.1) is 4.90 Å². The predicted octanol–water partition coefficient (Wildman–Crippen LogP) is 5.66. The molecule has 0 bridgehead atoms. The molecule has 0 amide bonds. The molecule has 26 heavy (non-hydrogen) atoms. The van der Waals surface area contributed by atoms with E-state index >= 15 is 0 Å². The number of nitrogens with two attached hydrogens (primary N) is 1. The summed E-state index contributed by atoms with van der Waals surface area (Å²) in [6.07, 6.45) is 10.1. The Hall–Kier alpha value is -0.400. The molecule has 4 rings (SSSR count). The fourth-order valence-electron chi connectivity index (χ4n) is 6.13. The van der Waals surface area contributed by atoms with Crippen LogP contribution in [0.3, 0.4) is 0 Å². The van der Waals surface area contributed by atoms with Crippen molar-refractivity contribution in [1.29, 1.82) is 0 Å². The van der Waals surface area contributed by atoms with Gasteiger partial charge in [-0.25, -0.2) is 0 Å². The Bertz CT molecular complexity index is 671. The summed E-state index contributed by atoms with van der Waals surface area (Å²) in [5.74, 6) is 9.09. The maximum absolute atomic E-state index is 5.64. The Balaban J connectivity index is 1.62. The predicted molar refractivity (Wildman–Crippen MR) is 107 cm³/mol. The summed E-state index contributed by atoms with van der Waals surface area (Å²) < 4.78 is 10.2. The molecule has 2 fully saturated rings. The first-order valence-electron chi connectivity index (χ1n) is 9.66. The number of rotatable bonds is 5. The van der Waals surface area contributed by atoms with Crippen LogP contribution in [0.15, 0.2) is 17.0 Å². The summed E-state index contributed by atoms with van der Waals surface area (Å²) in [7, 11) is 0. The second-order valence-electron chi connectivity index (χ2n) is 8.46. The van der Waals surface area contributed by atoms with Crippen LogP contribution in [0.1, 0.15) is 63.0 Å². The van der Waals surface area contributed by atoms with Gasteiger partial charge in [0, 0.05) is 0 Å². The maximum atomic E-state index is 5.64. The first kappa shape index (κ1) is 18.9. The molecular weight excluding hydrogens is 366 g/mol. The fourth-order valence-corrected chi connectivity index (χ4v) is 7.00. The third-order valence-corrected chi connectivity index (χ3v) is 8.81. The molecule has 6 heteroatoms. The quantitative estimate of drug-likeness (QED) is 0.228. The van der Waals surface area contributed by atoms with Crippen molar-refractivity contribution in [3.8, 4) is 5.75 Å². The summed E-state index contributed by atoms with van der Waals surface area (Å²) in [4.78, 5) is 5.27. The van der Waals surface area contributed by atoms with Crippen molar-refractivity contribution in [2.45, 2.75) is 63.2 Å². The van der Waals surface area contributed by atoms with Crippen molar-refractivity contribution in [2.24, 2.45) is 29.1 Å². The summed E-state index contributed by atoms with van der Waals surface area (Å²) >= 11 is 2.48. The Morgan fingerprint density at radius 2 is 2.04 bits per heavy atom. The average Bonchev–Trinajstić information content (AvgIpc) is 2.96. The largest absolute Gasteiger partial charge is 0.397 e. The second-order valence-corrected chi connectivity index (χ2v) is 9.74. The lowest BCUT2D eigenvalue weighted by atomic mass is 9.54. The highest BCUT2D eigenvalue weighted by Gasteiger charge is 2.53. The molecule has 0 radical (unpaired) electrons. The molecule has 2 saturated carbocycles. The molecule has 0 aromatic heterocycles. The molecule has 4 nitrogen and oxygen atoms in total. The molecule has 2 N–H and O–H groups in total. The molecule has 0 spiro atoms. The van der Waals surface area contributed by atoms with E-state index < -0.39 is 0 Å². The van der Waals surface area contributed by atoms with E-state index in [0.717, 1.165) is 53.1 Å². The summed E-state index contributed by atoms with van der Waals surface area (Å²) in [5.41, 5.74) is 3.59. The number of benzene rings is 1. The van der Waals surface area contributed by atoms with Gasteiger partial charge in [-0.1, -0.05) is 13.8 Å². The zero-order valence-electron chi connectivity index (χ0n) is 15.8. The van der Waals surface area contributed by atoms with Gasteiger partial charge in [-0.3, -0.25) is 0 Å². The van der Waals surface area contributed by atoms with Crippen LogP contribution in [-0.2, 0) is 15.7 Å². The molecule has 3 aliphatic carbocycles. The van der Waals surface area contributed by atoms with E-state index in [1.807, 2.05) is 0 Å². The number of aryl methyl sites for hydroxylation is 1. The molecule has 144 valence electrons. The van der Waals surface area contributed by atoms with Crippen molar-refractivity contribution in [1.82, 2.24) is 0 Å². The summed E-state index contributed by atoms with van der Waals surface area (Å²) in [5, 5.41) is 0. The van der Waals surface area contributed by atoms with Crippen molar-refractivity contribution >= 4 is 24.1 Å². The monoisotopic (exact) mass is 395 g/mol. The average molecular weight is 396 g/mol. The molecule has 0 heterocycles. The van der Waals surface area contributed by atoms with Crippen LogP contribution in [0.2, 0.25) is 0 Å². The van der Waals surface area contributed by atoms with Crippen molar-refractivity contribution in [3.05, 3.63) is 23.3 Å². The Morgan fingerprint density at radius 3 is 2.81 bits per heavy atom. The van der Waals surface area contributed by atoms with Crippen LogP contribution in [0.4, 0.5) is 0 Å².